The van der Waals surface area contributed by atoms with Gasteiger partial charge in [0, 0.05) is 5.56 Å². The molecule has 1 saturated heterocycles. The van der Waals surface area contributed by atoms with E-state index in [1.165, 1.54) is 0 Å². The topological polar surface area (TPSA) is 47.1 Å². The first-order chi connectivity index (χ1) is 9.39. The van der Waals surface area contributed by atoms with Gasteiger partial charge in [-0.15, -0.1) is 0 Å². The maximum Gasteiger partial charge on any atom is 0.513 e. The molecular formula is C15H19BN2O2. The number of aromatic nitrogens is 2. The van der Waals surface area contributed by atoms with Gasteiger partial charge in [0.25, 0.3) is 0 Å². The molecule has 0 unspecified atom stereocenters. The Bertz CT molecular complexity index is 591. The second-order valence-electron chi connectivity index (χ2n) is 6.16. The van der Waals surface area contributed by atoms with Gasteiger partial charge >= 0.3 is 7.12 Å². The Morgan fingerprint density at radius 1 is 1.00 bits per heavy atom. The predicted octanol–water partition coefficient (Wildman–Crippen LogP) is 2.38. The SMILES string of the molecule is CC1(C)OB(c2cc(-c3ccccc3)n[nH]2)OC1(C)C. The van der Waals surface area contributed by atoms with Crippen LogP contribution in [0.2, 0.25) is 0 Å². The summed E-state index contributed by atoms with van der Waals surface area (Å²) in [5, 5.41) is 7.36. The normalized spacial score (nSPS) is 20.3. The molecular weight excluding hydrogens is 251 g/mol. The molecule has 1 aromatic carbocycles. The number of rotatable bonds is 2. The van der Waals surface area contributed by atoms with Crippen molar-refractivity contribution in [3.8, 4) is 11.3 Å². The van der Waals surface area contributed by atoms with Crippen molar-refractivity contribution < 1.29 is 9.31 Å². The fourth-order valence-corrected chi connectivity index (χ4v) is 2.18. The van der Waals surface area contributed by atoms with E-state index in [0.717, 1.165) is 16.9 Å². The molecule has 0 spiro atoms. The van der Waals surface area contributed by atoms with Gasteiger partial charge in [0.15, 0.2) is 0 Å². The van der Waals surface area contributed by atoms with Crippen LogP contribution in [0.5, 0.6) is 0 Å². The summed E-state index contributed by atoms with van der Waals surface area (Å²) in [4.78, 5) is 0. The molecule has 0 bridgehead atoms. The first-order valence-corrected chi connectivity index (χ1v) is 6.85. The second kappa shape index (κ2) is 4.47. The van der Waals surface area contributed by atoms with Crippen LogP contribution in [0.15, 0.2) is 36.4 Å². The molecule has 1 N–H and O–H groups in total. The maximum atomic E-state index is 6.01. The van der Waals surface area contributed by atoms with E-state index in [0.29, 0.717) is 0 Å². The smallest absolute Gasteiger partial charge is 0.398 e. The van der Waals surface area contributed by atoms with Crippen molar-refractivity contribution in [3.63, 3.8) is 0 Å². The molecule has 0 radical (unpaired) electrons. The van der Waals surface area contributed by atoms with Crippen LogP contribution in [-0.2, 0) is 9.31 Å². The zero-order chi connectivity index (χ0) is 14.4. The van der Waals surface area contributed by atoms with Gasteiger partial charge in [-0.05, 0) is 33.8 Å². The highest BCUT2D eigenvalue weighted by molar-refractivity contribution is 6.61. The highest BCUT2D eigenvalue weighted by atomic mass is 16.7. The lowest BCUT2D eigenvalue weighted by atomic mass is 9.84. The van der Waals surface area contributed by atoms with Crippen LogP contribution in [0, 0.1) is 0 Å². The Labute approximate surface area is 119 Å². The first kappa shape index (κ1) is 13.4. The Balaban J connectivity index is 1.86. The number of nitrogens with zero attached hydrogens (tertiary/aromatic N) is 1. The van der Waals surface area contributed by atoms with Crippen molar-refractivity contribution in [1.29, 1.82) is 0 Å². The van der Waals surface area contributed by atoms with E-state index < -0.39 is 7.12 Å². The Morgan fingerprint density at radius 2 is 1.60 bits per heavy atom. The van der Waals surface area contributed by atoms with E-state index in [9.17, 15) is 0 Å². The van der Waals surface area contributed by atoms with Crippen LogP contribution in [0.25, 0.3) is 11.3 Å². The summed E-state index contributed by atoms with van der Waals surface area (Å²) in [6, 6.07) is 12.0. The highest BCUT2D eigenvalue weighted by Gasteiger charge is 2.52. The maximum absolute atomic E-state index is 6.01. The number of hydrogen-bond acceptors (Lipinski definition) is 3. The minimum atomic E-state index is -0.398. The van der Waals surface area contributed by atoms with E-state index in [4.69, 9.17) is 9.31 Å². The fourth-order valence-electron chi connectivity index (χ4n) is 2.18. The van der Waals surface area contributed by atoms with Gasteiger partial charge in [-0.25, -0.2) is 0 Å². The molecule has 20 heavy (non-hydrogen) atoms. The third kappa shape index (κ3) is 2.17. The molecule has 3 rings (SSSR count). The Kier molecular flexibility index (Phi) is 2.99. The van der Waals surface area contributed by atoms with Crippen molar-refractivity contribution in [2.24, 2.45) is 0 Å². The predicted molar refractivity (Wildman–Crippen MR) is 79.7 cm³/mol. The monoisotopic (exact) mass is 270 g/mol. The van der Waals surface area contributed by atoms with Gasteiger partial charge in [0.05, 0.1) is 22.5 Å². The molecule has 1 aliphatic rings. The molecule has 1 aromatic heterocycles. The average Bonchev–Trinajstić information content (AvgIpc) is 2.94. The van der Waals surface area contributed by atoms with Gasteiger partial charge in [0.2, 0.25) is 0 Å². The van der Waals surface area contributed by atoms with Crippen molar-refractivity contribution in [2.45, 2.75) is 38.9 Å². The Hall–Kier alpha value is -1.59. The number of benzene rings is 1. The molecule has 4 nitrogen and oxygen atoms in total. The zero-order valence-electron chi connectivity index (χ0n) is 12.3. The van der Waals surface area contributed by atoms with E-state index in [1.54, 1.807) is 0 Å². The summed E-state index contributed by atoms with van der Waals surface area (Å²) in [5.74, 6) is 0. The third-order valence-corrected chi connectivity index (χ3v) is 4.17. The lowest BCUT2D eigenvalue weighted by Gasteiger charge is -2.32. The lowest BCUT2D eigenvalue weighted by Crippen LogP contribution is -2.41. The molecule has 2 aromatic rings. The van der Waals surface area contributed by atoms with Crippen LogP contribution >= 0.6 is 0 Å². The molecule has 2 heterocycles. The summed E-state index contributed by atoms with van der Waals surface area (Å²) in [7, 11) is -0.398. The minimum absolute atomic E-state index is 0.338. The van der Waals surface area contributed by atoms with E-state index >= 15 is 0 Å². The largest absolute Gasteiger partial charge is 0.513 e. The van der Waals surface area contributed by atoms with E-state index in [2.05, 4.69) is 10.2 Å². The average molecular weight is 270 g/mol. The third-order valence-electron chi connectivity index (χ3n) is 4.17. The quantitative estimate of drug-likeness (QED) is 0.852. The fraction of sp³-hybridized carbons (Fsp3) is 0.400. The Morgan fingerprint density at radius 3 is 2.20 bits per heavy atom. The van der Waals surface area contributed by atoms with E-state index in [1.807, 2.05) is 64.1 Å². The number of nitrogens with one attached hydrogen (secondary N) is 1. The van der Waals surface area contributed by atoms with Crippen LogP contribution < -0.4 is 5.59 Å². The molecule has 104 valence electrons. The van der Waals surface area contributed by atoms with Gasteiger partial charge in [-0.1, -0.05) is 30.3 Å². The molecule has 0 saturated carbocycles. The summed E-state index contributed by atoms with van der Waals surface area (Å²) in [6.45, 7) is 8.17. The summed E-state index contributed by atoms with van der Waals surface area (Å²) in [5.41, 5.74) is 2.15. The molecule has 1 fully saturated rings. The minimum Gasteiger partial charge on any atom is -0.398 e. The van der Waals surface area contributed by atoms with Crippen LogP contribution in [0.4, 0.5) is 0 Å². The van der Waals surface area contributed by atoms with Crippen LogP contribution in [-0.4, -0.2) is 28.5 Å². The molecule has 0 aliphatic carbocycles. The van der Waals surface area contributed by atoms with Crippen molar-refractivity contribution in [2.75, 3.05) is 0 Å². The first-order valence-electron chi connectivity index (χ1n) is 6.85. The highest BCUT2D eigenvalue weighted by Crippen LogP contribution is 2.36. The number of H-pyrrole nitrogens is 1. The summed E-state index contributed by atoms with van der Waals surface area (Å²) >= 11 is 0. The zero-order valence-corrected chi connectivity index (χ0v) is 12.3. The molecule has 5 heteroatoms. The summed E-state index contributed by atoms with van der Waals surface area (Å²) in [6.07, 6.45) is 0. The van der Waals surface area contributed by atoms with Crippen LogP contribution in [0.3, 0.4) is 0 Å². The summed E-state index contributed by atoms with van der Waals surface area (Å²) < 4.78 is 12.0. The van der Waals surface area contributed by atoms with Gasteiger partial charge in [-0.3, -0.25) is 5.10 Å². The van der Waals surface area contributed by atoms with Crippen molar-refractivity contribution in [1.82, 2.24) is 10.2 Å². The molecule has 0 atom stereocenters. The van der Waals surface area contributed by atoms with Crippen molar-refractivity contribution in [3.05, 3.63) is 36.4 Å². The van der Waals surface area contributed by atoms with Crippen LogP contribution in [0.1, 0.15) is 27.7 Å². The molecule has 0 amide bonds. The molecule has 1 aliphatic heterocycles. The number of aromatic amines is 1. The second-order valence-corrected chi connectivity index (χ2v) is 6.16. The lowest BCUT2D eigenvalue weighted by molar-refractivity contribution is 0.00578. The van der Waals surface area contributed by atoms with E-state index in [-0.39, 0.29) is 11.2 Å². The van der Waals surface area contributed by atoms with Gasteiger partial charge < -0.3 is 9.31 Å². The van der Waals surface area contributed by atoms with Gasteiger partial charge in [-0.2, -0.15) is 5.10 Å². The standard InChI is InChI=1S/C15H19BN2O2/c1-14(2)15(3,4)20-16(19-14)13-10-12(17-18-13)11-8-6-5-7-9-11/h5-10H,1-4H3,(H,17,18). The van der Waals surface area contributed by atoms with Gasteiger partial charge in [0.1, 0.15) is 0 Å². The number of hydrogen-bond donors (Lipinski definition) is 1. The van der Waals surface area contributed by atoms with Crippen molar-refractivity contribution >= 4 is 12.7 Å².